The van der Waals surface area contributed by atoms with E-state index < -0.39 is 0 Å². The Morgan fingerprint density at radius 1 is 1.20 bits per heavy atom. The van der Waals surface area contributed by atoms with E-state index >= 15 is 0 Å². The van der Waals surface area contributed by atoms with Crippen molar-refractivity contribution in [2.45, 2.75) is 50.7 Å². The molecule has 1 saturated heterocycles. The van der Waals surface area contributed by atoms with Gasteiger partial charge in [-0.05, 0) is 36.0 Å². The molecule has 2 aromatic rings. The van der Waals surface area contributed by atoms with E-state index in [1.54, 1.807) is 0 Å². The van der Waals surface area contributed by atoms with Gasteiger partial charge in [0.15, 0.2) is 0 Å². The standard InChI is InChI=1S/C17H22N6O.ClH/c24-17(15-9-13-3-1-2-4-14(13)19-15)18-10-11-5-7-12(8-6-11)16-20-22-23-21-16;/h5-8,13-15,19H,1-4,9-10H2,(H,18,24)(H,20,21,22,23);1H. The average molecular weight is 363 g/mol. The molecule has 3 N–H and O–H groups in total. The highest BCUT2D eigenvalue weighted by molar-refractivity contribution is 5.85. The number of tetrazole rings is 1. The van der Waals surface area contributed by atoms with Crippen LogP contribution in [0.2, 0.25) is 0 Å². The van der Waals surface area contributed by atoms with Crippen LogP contribution in [-0.4, -0.2) is 38.6 Å². The Hall–Kier alpha value is -1.99. The van der Waals surface area contributed by atoms with Crippen LogP contribution in [0.15, 0.2) is 24.3 Å². The molecule has 3 atom stereocenters. The molecule has 3 unspecified atom stereocenters. The van der Waals surface area contributed by atoms with Gasteiger partial charge in [0.05, 0.1) is 6.04 Å². The Morgan fingerprint density at radius 2 is 2.00 bits per heavy atom. The van der Waals surface area contributed by atoms with Crippen LogP contribution in [0.3, 0.4) is 0 Å². The maximum absolute atomic E-state index is 12.4. The highest BCUT2D eigenvalue weighted by Crippen LogP contribution is 2.33. The van der Waals surface area contributed by atoms with E-state index in [9.17, 15) is 4.79 Å². The van der Waals surface area contributed by atoms with E-state index in [1.807, 2.05) is 24.3 Å². The van der Waals surface area contributed by atoms with E-state index in [4.69, 9.17) is 0 Å². The second-order valence-corrected chi connectivity index (χ2v) is 6.76. The van der Waals surface area contributed by atoms with E-state index in [2.05, 4.69) is 31.3 Å². The summed E-state index contributed by atoms with van der Waals surface area (Å²) in [6, 6.07) is 8.35. The molecular weight excluding hydrogens is 340 g/mol. The van der Waals surface area contributed by atoms with Crippen LogP contribution in [0.5, 0.6) is 0 Å². The van der Waals surface area contributed by atoms with Gasteiger partial charge in [0, 0.05) is 18.2 Å². The second kappa shape index (κ2) is 7.93. The van der Waals surface area contributed by atoms with Gasteiger partial charge >= 0.3 is 0 Å². The molecule has 1 aliphatic heterocycles. The molecule has 1 aromatic heterocycles. The Labute approximate surface area is 152 Å². The van der Waals surface area contributed by atoms with Crippen molar-refractivity contribution in [3.8, 4) is 11.4 Å². The number of amides is 1. The number of hydrogen-bond acceptors (Lipinski definition) is 5. The molecule has 2 fully saturated rings. The number of H-pyrrole nitrogens is 1. The summed E-state index contributed by atoms with van der Waals surface area (Å²) in [6.07, 6.45) is 6.05. The third kappa shape index (κ3) is 3.99. The van der Waals surface area contributed by atoms with Gasteiger partial charge in [-0.25, -0.2) is 0 Å². The van der Waals surface area contributed by atoms with Gasteiger partial charge in [-0.2, -0.15) is 5.21 Å². The first-order chi connectivity index (χ1) is 11.8. The van der Waals surface area contributed by atoms with Crippen molar-refractivity contribution < 1.29 is 4.79 Å². The maximum atomic E-state index is 12.4. The monoisotopic (exact) mass is 362 g/mol. The number of benzene rings is 1. The van der Waals surface area contributed by atoms with Crippen LogP contribution in [0, 0.1) is 5.92 Å². The quantitative estimate of drug-likeness (QED) is 0.771. The van der Waals surface area contributed by atoms with Gasteiger partial charge in [0.1, 0.15) is 0 Å². The number of nitrogens with one attached hydrogen (secondary N) is 3. The van der Waals surface area contributed by atoms with Gasteiger partial charge in [-0.1, -0.05) is 37.1 Å². The molecule has 7 nitrogen and oxygen atoms in total. The summed E-state index contributed by atoms with van der Waals surface area (Å²) >= 11 is 0. The van der Waals surface area contributed by atoms with Crippen LogP contribution >= 0.6 is 12.4 Å². The highest BCUT2D eigenvalue weighted by atomic mass is 35.5. The maximum Gasteiger partial charge on any atom is 0.237 e. The number of fused-ring (bicyclic) bond motifs is 1. The van der Waals surface area contributed by atoms with Gasteiger partial charge in [0.2, 0.25) is 11.7 Å². The summed E-state index contributed by atoms with van der Waals surface area (Å²) in [5.74, 6) is 1.37. The van der Waals surface area contributed by atoms with E-state index in [1.165, 1.54) is 25.7 Å². The Bertz CT molecular complexity index is 676. The number of nitrogens with zero attached hydrogens (tertiary/aromatic N) is 3. The number of carbonyl (C=O) groups is 1. The molecule has 0 spiro atoms. The normalized spacial score (nSPS) is 25.0. The zero-order valence-electron chi connectivity index (χ0n) is 13.9. The lowest BCUT2D eigenvalue weighted by Gasteiger charge is -2.24. The molecule has 1 amide bonds. The number of rotatable bonds is 4. The van der Waals surface area contributed by atoms with E-state index in [0.29, 0.717) is 24.3 Å². The summed E-state index contributed by atoms with van der Waals surface area (Å²) in [5, 5.41) is 20.5. The van der Waals surface area contributed by atoms with Crippen molar-refractivity contribution in [3.63, 3.8) is 0 Å². The molecule has 4 rings (SSSR count). The Balaban J connectivity index is 0.00000182. The van der Waals surface area contributed by atoms with E-state index in [-0.39, 0.29) is 24.4 Å². The first kappa shape index (κ1) is 17.8. The molecule has 25 heavy (non-hydrogen) atoms. The van der Waals surface area contributed by atoms with Crippen molar-refractivity contribution in [1.82, 2.24) is 31.3 Å². The number of aromatic amines is 1. The fraction of sp³-hybridized carbons (Fsp3) is 0.529. The number of aromatic nitrogens is 4. The van der Waals surface area contributed by atoms with Crippen LogP contribution in [0.4, 0.5) is 0 Å². The van der Waals surface area contributed by atoms with Crippen molar-refractivity contribution in [3.05, 3.63) is 29.8 Å². The van der Waals surface area contributed by atoms with Crippen molar-refractivity contribution >= 4 is 18.3 Å². The molecule has 8 heteroatoms. The molecule has 0 bridgehead atoms. The minimum absolute atomic E-state index is 0. The van der Waals surface area contributed by atoms with Crippen LogP contribution in [-0.2, 0) is 11.3 Å². The zero-order chi connectivity index (χ0) is 16.4. The third-order valence-corrected chi connectivity index (χ3v) is 5.20. The van der Waals surface area contributed by atoms with Crippen molar-refractivity contribution in [1.29, 1.82) is 0 Å². The summed E-state index contributed by atoms with van der Waals surface area (Å²) < 4.78 is 0. The number of halogens is 1. The third-order valence-electron chi connectivity index (χ3n) is 5.20. The molecule has 2 heterocycles. The zero-order valence-corrected chi connectivity index (χ0v) is 14.8. The predicted molar refractivity (Wildman–Crippen MR) is 96.0 cm³/mol. The van der Waals surface area contributed by atoms with Crippen LogP contribution in [0.1, 0.15) is 37.7 Å². The fourth-order valence-corrected chi connectivity index (χ4v) is 3.89. The molecule has 2 aliphatic rings. The van der Waals surface area contributed by atoms with Crippen LogP contribution < -0.4 is 10.6 Å². The molecule has 1 aromatic carbocycles. The molecule has 134 valence electrons. The largest absolute Gasteiger partial charge is 0.351 e. The summed E-state index contributed by atoms with van der Waals surface area (Å²) in [5.41, 5.74) is 1.96. The van der Waals surface area contributed by atoms with E-state index in [0.717, 1.165) is 17.5 Å². The number of carbonyl (C=O) groups excluding carboxylic acids is 1. The molecular formula is C17H23ClN6O. The summed E-state index contributed by atoms with van der Waals surface area (Å²) in [7, 11) is 0. The minimum atomic E-state index is -0.0308. The van der Waals surface area contributed by atoms with Gasteiger partial charge < -0.3 is 10.6 Å². The second-order valence-electron chi connectivity index (χ2n) is 6.76. The minimum Gasteiger partial charge on any atom is -0.351 e. The fourth-order valence-electron chi connectivity index (χ4n) is 3.89. The number of hydrogen-bond donors (Lipinski definition) is 3. The Kier molecular flexibility index (Phi) is 5.65. The first-order valence-electron chi connectivity index (χ1n) is 8.66. The summed E-state index contributed by atoms with van der Waals surface area (Å²) in [6.45, 7) is 0.541. The predicted octanol–water partition coefficient (Wildman–Crippen LogP) is 1.83. The van der Waals surface area contributed by atoms with Gasteiger partial charge in [-0.3, -0.25) is 4.79 Å². The first-order valence-corrected chi connectivity index (χ1v) is 8.66. The lowest BCUT2D eigenvalue weighted by molar-refractivity contribution is -0.123. The molecule has 1 aliphatic carbocycles. The van der Waals surface area contributed by atoms with Crippen LogP contribution in [0.25, 0.3) is 11.4 Å². The Morgan fingerprint density at radius 3 is 2.72 bits per heavy atom. The SMILES string of the molecule is Cl.O=C(NCc1ccc(-c2nn[nH]n2)cc1)C1CC2CCCCC2N1. The topological polar surface area (TPSA) is 95.6 Å². The van der Waals surface area contributed by atoms with Crippen molar-refractivity contribution in [2.75, 3.05) is 0 Å². The molecule has 1 saturated carbocycles. The average Bonchev–Trinajstić information content (AvgIpc) is 3.29. The summed E-state index contributed by atoms with van der Waals surface area (Å²) in [4.78, 5) is 12.4. The lowest BCUT2D eigenvalue weighted by atomic mass is 9.85. The highest BCUT2D eigenvalue weighted by Gasteiger charge is 2.37. The lowest BCUT2D eigenvalue weighted by Crippen LogP contribution is -2.42. The van der Waals surface area contributed by atoms with Gasteiger partial charge in [-0.15, -0.1) is 22.6 Å². The molecule has 0 radical (unpaired) electrons. The van der Waals surface area contributed by atoms with Crippen molar-refractivity contribution in [2.24, 2.45) is 5.92 Å². The van der Waals surface area contributed by atoms with Gasteiger partial charge in [0.25, 0.3) is 0 Å². The smallest absolute Gasteiger partial charge is 0.237 e.